The van der Waals surface area contributed by atoms with E-state index >= 15 is 0 Å². The molecule has 2 aromatic carbocycles. The Bertz CT molecular complexity index is 860. The van der Waals surface area contributed by atoms with Crippen molar-refractivity contribution >= 4 is 41.5 Å². The number of nitro groups is 1. The maximum Gasteiger partial charge on any atom is 0.269 e. The monoisotopic (exact) mass is 541 g/mol. The maximum absolute atomic E-state index is 11.9. The molecule has 0 aromatic heterocycles. The predicted octanol–water partition coefficient (Wildman–Crippen LogP) is 2.76. The lowest BCUT2D eigenvalue weighted by atomic mass is 10.2. The highest BCUT2D eigenvalue weighted by molar-refractivity contribution is 14.0. The zero-order valence-corrected chi connectivity index (χ0v) is 20.2. The van der Waals surface area contributed by atoms with Crippen molar-refractivity contribution in [2.45, 2.75) is 6.54 Å². The molecule has 31 heavy (non-hydrogen) atoms. The molecule has 0 atom stereocenters. The number of likely N-dealkylation sites (N-methyl/N-ethyl adjacent to an activating group) is 2. The molecule has 0 spiro atoms. The van der Waals surface area contributed by atoms with Gasteiger partial charge >= 0.3 is 0 Å². The summed E-state index contributed by atoms with van der Waals surface area (Å²) >= 11 is 0. The van der Waals surface area contributed by atoms with E-state index in [1.165, 1.54) is 17.0 Å². The average Bonchev–Trinajstić information content (AvgIpc) is 2.74. The summed E-state index contributed by atoms with van der Waals surface area (Å²) in [4.78, 5) is 30.2. The third kappa shape index (κ3) is 9.20. The average molecular weight is 541 g/mol. The Labute approximate surface area is 199 Å². The Morgan fingerprint density at radius 3 is 2.32 bits per heavy atom. The first-order valence-electron chi connectivity index (χ1n) is 9.47. The summed E-state index contributed by atoms with van der Waals surface area (Å²) in [5.41, 5.74) is 0.862. The minimum absolute atomic E-state index is 0. The summed E-state index contributed by atoms with van der Waals surface area (Å²) in [5.74, 6) is 1.25. The summed E-state index contributed by atoms with van der Waals surface area (Å²) in [6.07, 6.45) is 0. The maximum atomic E-state index is 11.9. The third-order valence-electron chi connectivity index (χ3n) is 4.26. The van der Waals surface area contributed by atoms with Crippen LogP contribution in [0.4, 0.5) is 5.69 Å². The molecule has 0 aliphatic heterocycles. The number of rotatable bonds is 9. The van der Waals surface area contributed by atoms with Crippen LogP contribution in [0.2, 0.25) is 0 Å². The second-order valence-electron chi connectivity index (χ2n) is 6.79. The molecule has 0 saturated carbocycles. The van der Waals surface area contributed by atoms with Gasteiger partial charge in [0, 0.05) is 33.3 Å². The third-order valence-corrected chi connectivity index (χ3v) is 4.26. The number of hydrogen-bond acceptors (Lipinski definition) is 5. The summed E-state index contributed by atoms with van der Waals surface area (Å²) in [6.45, 7) is 1.42. The number of benzene rings is 2. The Hall–Kier alpha value is -2.89. The van der Waals surface area contributed by atoms with E-state index in [9.17, 15) is 14.9 Å². The molecular weight excluding hydrogens is 513 g/mol. The topological polar surface area (TPSA) is 100 Å². The number of para-hydroxylation sites is 1. The number of non-ortho nitro benzene ring substituents is 1. The quantitative estimate of drug-likeness (QED) is 0.172. The first kappa shape index (κ1) is 26.1. The molecule has 0 saturated heterocycles. The lowest BCUT2D eigenvalue weighted by Crippen LogP contribution is -2.45. The van der Waals surface area contributed by atoms with Crippen LogP contribution in [0.15, 0.2) is 59.6 Å². The molecule has 0 unspecified atom stereocenters. The standard InChI is InChI=1S/C21H27N5O4.HI/c1-24(2)20(27)16-23-21(22-15-17-9-11-18(12-10-17)26(28)29)25(3)13-14-30-19-7-5-4-6-8-19;/h4-12H,13-16H2,1-3H3,(H,22,23);1H. The van der Waals surface area contributed by atoms with E-state index in [-0.39, 0.29) is 42.1 Å². The number of hydrogen-bond donors (Lipinski definition) is 1. The SMILES string of the molecule is CN(C)C(=O)CNC(=NCc1ccc([N+](=O)[O-])cc1)N(C)CCOc1ccccc1.I. The normalized spacial score (nSPS) is 10.6. The van der Waals surface area contributed by atoms with Gasteiger partial charge in [0.2, 0.25) is 5.91 Å². The Morgan fingerprint density at radius 2 is 1.74 bits per heavy atom. The van der Waals surface area contributed by atoms with Crippen molar-refractivity contribution in [3.63, 3.8) is 0 Å². The van der Waals surface area contributed by atoms with Crippen molar-refractivity contribution in [2.75, 3.05) is 40.8 Å². The van der Waals surface area contributed by atoms with Gasteiger partial charge < -0.3 is 19.9 Å². The minimum atomic E-state index is -0.437. The molecule has 0 bridgehead atoms. The Morgan fingerprint density at radius 1 is 1.10 bits per heavy atom. The summed E-state index contributed by atoms with van der Waals surface area (Å²) in [6, 6.07) is 15.7. The number of carbonyl (C=O) groups excluding carboxylic acids is 1. The van der Waals surface area contributed by atoms with E-state index in [0.29, 0.717) is 25.7 Å². The molecule has 0 heterocycles. The molecule has 9 nitrogen and oxygen atoms in total. The van der Waals surface area contributed by atoms with E-state index in [4.69, 9.17) is 4.74 Å². The molecule has 0 fully saturated rings. The number of nitro benzene ring substituents is 1. The van der Waals surface area contributed by atoms with Gasteiger partial charge in [-0.05, 0) is 17.7 Å². The van der Waals surface area contributed by atoms with Crippen molar-refractivity contribution in [1.29, 1.82) is 0 Å². The fourth-order valence-corrected chi connectivity index (χ4v) is 2.44. The molecule has 2 rings (SSSR count). The highest BCUT2D eigenvalue weighted by Gasteiger charge is 2.11. The smallest absolute Gasteiger partial charge is 0.269 e. The number of halogens is 1. The van der Waals surface area contributed by atoms with Gasteiger partial charge in [0.1, 0.15) is 12.4 Å². The molecule has 1 N–H and O–H groups in total. The second-order valence-corrected chi connectivity index (χ2v) is 6.79. The molecule has 0 aliphatic rings. The molecule has 1 amide bonds. The molecule has 168 valence electrons. The molecule has 0 radical (unpaired) electrons. The van der Waals surface area contributed by atoms with Crippen molar-refractivity contribution < 1.29 is 14.5 Å². The van der Waals surface area contributed by atoms with Crippen LogP contribution in [0.1, 0.15) is 5.56 Å². The second kappa shape index (κ2) is 13.4. The number of carbonyl (C=O) groups is 1. The summed E-state index contributed by atoms with van der Waals surface area (Å²) < 4.78 is 5.73. The first-order chi connectivity index (χ1) is 14.4. The number of aliphatic imine (C=N–C) groups is 1. The van der Waals surface area contributed by atoms with Crippen LogP contribution in [0, 0.1) is 10.1 Å². The Balaban J connectivity index is 0.00000480. The number of amides is 1. The van der Waals surface area contributed by atoms with Crippen molar-refractivity contribution in [3.05, 3.63) is 70.3 Å². The largest absolute Gasteiger partial charge is 0.492 e. The van der Waals surface area contributed by atoms with Gasteiger partial charge in [-0.25, -0.2) is 4.99 Å². The van der Waals surface area contributed by atoms with E-state index in [1.807, 2.05) is 42.3 Å². The first-order valence-corrected chi connectivity index (χ1v) is 9.47. The zero-order valence-electron chi connectivity index (χ0n) is 17.9. The van der Waals surface area contributed by atoms with Crippen LogP contribution in [-0.4, -0.2) is 67.4 Å². The predicted molar refractivity (Wildman–Crippen MR) is 131 cm³/mol. The van der Waals surface area contributed by atoms with Crippen molar-refractivity contribution in [2.24, 2.45) is 4.99 Å². The number of ether oxygens (including phenoxy) is 1. The Kier molecular flexibility index (Phi) is 11.3. The molecule has 0 aliphatic carbocycles. The minimum Gasteiger partial charge on any atom is -0.492 e. The van der Waals surface area contributed by atoms with Gasteiger partial charge in [0.05, 0.1) is 24.6 Å². The number of nitrogens with zero attached hydrogens (tertiary/aromatic N) is 4. The number of guanidine groups is 1. The number of nitrogens with one attached hydrogen (secondary N) is 1. The van der Waals surface area contributed by atoms with E-state index in [1.54, 1.807) is 26.2 Å². The van der Waals surface area contributed by atoms with E-state index in [0.717, 1.165) is 11.3 Å². The van der Waals surface area contributed by atoms with Crippen LogP contribution in [-0.2, 0) is 11.3 Å². The van der Waals surface area contributed by atoms with Gasteiger partial charge in [-0.3, -0.25) is 14.9 Å². The lowest BCUT2D eigenvalue weighted by Gasteiger charge is -2.23. The van der Waals surface area contributed by atoms with Crippen LogP contribution in [0.3, 0.4) is 0 Å². The van der Waals surface area contributed by atoms with Crippen LogP contribution in [0.5, 0.6) is 5.75 Å². The van der Waals surface area contributed by atoms with Gasteiger partial charge in [0.25, 0.3) is 5.69 Å². The highest BCUT2D eigenvalue weighted by atomic mass is 127. The van der Waals surface area contributed by atoms with Crippen LogP contribution in [0.25, 0.3) is 0 Å². The highest BCUT2D eigenvalue weighted by Crippen LogP contribution is 2.12. The van der Waals surface area contributed by atoms with Crippen molar-refractivity contribution in [3.8, 4) is 5.75 Å². The summed E-state index contributed by atoms with van der Waals surface area (Å²) in [7, 11) is 5.24. The molecular formula is C21H28IN5O4. The fraction of sp³-hybridized carbons (Fsp3) is 0.333. The van der Waals surface area contributed by atoms with Crippen LogP contribution < -0.4 is 10.1 Å². The van der Waals surface area contributed by atoms with Gasteiger partial charge in [0.15, 0.2) is 5.96 Å². The molecule has 2 aromatic rings. The van der Waals surface area contributed by atoms with Gasteiger partial charge in [-0.15, -0.1) is 24.0 Å². The fourth-order valence-electron chi connectivity index (χ4n) is 2.44. The summed E-state index contributed by atoms with van der Waals surface area (Å²) in [5, 5.41) is 13.9. The van der Waals surface area contributed by atoms with Gasteiger partial charge in [-0.1, -0.05) is 30.3 Å². The van der Waals surface area contributed by atoms with Gasteiger partial charge in [-0.2, -0.15) is 0 Å². The molecule has 10 heteroatoms. The van der Waals surface area contributed by atoms with Crippen molar-refractivity contribution in [1.82, 2.24) is 15.1 Å². The lowest BCUT2D eigenvalue weighted by molar-refractivity contribution is -0.384. The van der Waals surface area contributed by atoms with E-state index in [2.05, 4.69) is 10.3 Å². The van der Waals surface area contributed by atoms with E-state index < -0.39 is 4.92 Å². The van der Waals surface area contributed by atoms with Crippen LogP contribution >= 0.6 is 24.0 Å². The zero-order chi connectivity index (χ0) is 21.9.